The third-order valence-corrected chi connectivity index (χ3v) is 6.97. The smallest absolute Gasteiger partial charge is 0.219 e. The van der Waals surface area contributed by atoms with Gasteiger partial charge in [0.15, 0.2) is 0 Å². The van der Waals surface area contributed by atoms with Gasteiger partial charge in [-0.2, -0.15) is 0 Å². The van der Waals surface area contributed by atoms with Crippen molar-refractivity contribution in [1.82, 2.24) is 9.21 Å². The van der Waals surface area contributed by atoms with Crippen molar-refractivity contribution in [3.05, 3.63) is 47.5 Å². The van der Waals surface area contributed by atoms with Gasteiger partial charge in [0.25, 0.3) is 0 Å². The zero-order chi connectivity index (χ0) is 18.7. The maximum Gasteiger partial charge on any atom is 0.219 e. The number of aryl methyl sites for hydroxylation is 2. The van der Waals surface area contributed by atoms with E-state index in [2.05, 4.69) is 48.5 Å². The number of rotatable bonds is 4. The lowest BCUT2D eigenvalue weighted by Gasteiger charge is -2.33. The summed E-state index contributed by atoms with van der Waals surface area (Å²) < 4.78 is 2.32. The number of amides is 1. The molecule has 4 nitrogen and oxygen atoms in total. The standard InChI is InChI=1S/C20H25N3OS2/c1-14-4-5-15(2)19(12-14)25-18-7-6-17(21)13-20(18)26-23-10-8-22(9-11-23)16(3)24/h4-7,12-13H,8-11,21H2,1-3H3. The minimum atomic E-state index is 0.157. The molecule has 138 valence electrons. The number of nitrogens with two attached hydrogens (primary N) is 1. The predicted molar refractivity (Wildman–Crippen MR) is 111 cm³/mol. The Morgan fingerprint density at radius 3 is 2.38 bits per heavy atom. The second-order valence-corrected chi connectivity index (χ2v) is 8.83. The summed E-state index contributed by atoms with van der Waals surface area (Å²) >= 11 is 3.53. The van der Waals surface area contributed by atoms with Gasteiger partial charge in [0, 0.05) is 53.5 Å². The van der Waals surface area contributed by atoms with Gasteiger partial charge in [0.05, 0.1) is 0 Å². The highest BCUT2D eigenvalue weighted by atomic mass is 32.2. The number of piperazine rings is 1. The van der Waals surface area contributed by atoms with Crippen LogP contribution in [0.3, 0.4) is 0 Å². The molecule has 1 aliphatic rings. The molecule has 0 saturated carbocycles. The lowest BCUT2D eigenvalue weighted by molar-refractivity contribution is -0.129. The van der Waals surface area contributed by atoms with E-state index in [4.69, 9.17) is 5.73 Å². The first kappa shape index (κ1) is 19.1. The summed E-state index contributed by atoms with van der Waals surface area (Å²) in [5, 5.41) is 0. The Morgan fingerprint density at radius 2 is 1.69 bits per heavy atom. The summed E-state index contributed by atoms with van der Waals surface area (Å²) in [5.74, 6) is 0.157. The van der Waals surface area contributed by atoms with E-state index in [0.29, 0.717) is 0 Å². The van der Waals surface area contributed by atoms with Crippen LogP contribution in [0.1, 0.15) is 18.1 Å². The molecular formula is C20H25N3OS2. The first-order valence-corrected chi connectivity index (χ1v) is 10.3. The van der Waals surface area contributed by atoms with Crippen LogP contribution in [0.15, 0.2) is 51.1 Å². The molecule has 0 spiro atoms. The first-order chi connectivity index (χ1) is 12.4. The minimum Gasteiger partial charge on any atom is -0.399 e. The number of nitrogens with zero attached hydrogens (tertiary/aromatic N) is 2. The van der Waals surface area contributed by atoms with E-state index < -0.39 is 0 Å². The zero-order valence-electron chi connectivity index (χ0n) is 15.5. The molecule has 0 aromatic heterocycles. The molecule has 1 amide bonds. The van der Waals surface area contributed by atoms with Crippen LogP contribution >= 0.6 is 23.7 Å². The highest BCUT2D eigenvalue weighted by Gasteiger charge is 2.20. The quantitative estimate of drug-likeness (QED) is 0.629. The van der Waals surface area contributed by atoms with Crippen molar-refractivity contribution in [2.24, 2.45) is 0 Å². The summed E-state index contributed by atoms with van der Waals surface area (Å²) in [7, 11) is 0. The SMILES string of the molecule is CC(=O)N1CCN(Sc2cc(N)ccc2Sc2cc(C)ccc2C)CC1. The van der Waals surface area contributed by atoms with Crippen LogP contribution in [0.4, 0.5) is 5.69 Å². The lowest BCUT2D eigenvalue weighted by atomic mass is 10.2. The van der Waals surface area contributed by atoms with Crippen molar-refractivity contribution in [3.63, 3.8) is 0 Å². The van der Waals surface area contributed by atoms with E-state index in [9.17, 15) is 4.79 Å². The number of carbonyl (C=O) groups excluding carboxylic acids is 1. The summed E-state index contributed by atoms with van der Waals surface area (Å²) in [6.07, 6.45) is 0. The fourth-order valence-electron chi connectivity index (χ4n) is 2.85. The molecule has 2 aromatic carbocycles. The van der Waals surface area contributed by atoms with Gasteiger partial charge in [-0.3, -0.25) is 4.79 Å². The summed E-state index contributed by atoms with van der Waals surface area (Å²) in [6, 6.07) is 12.7. The molecule has 0 atom stereocenters. The zero-order valence-corrected chi connectivity index (χ0v) is 17.1. The van der Waals surface area contributed by atoms with Crippen molar-refractivity contribution in [1.29, 1.82) is 0 Å². The Balaban J connectivity index is 1.76. The fraction of sp³-hybridized carbons (Fsp3) is 0.350. The molecular weight excluding hydrogens is 362 g/mol. The second kappa shape index (κ2) is 8.37. The number of carbonyl (C=O) groups is 1. The molecule has 6 heteroatoms. The Hall–Kier alpha value is -1.63. The Morgan fingerprint density at radius 1 is 0.962 bits per heavy atom. The van der Waals surface area contributed by atoms with Gasteiger partial charge < -0.3 is 10.6 Å². The van der Waals surface area contributed by atoms with Crippen LogP contribution < -0.4 is 5.73 Å². The third-order valence-electron chi connectivity index (χ3n) is 4.44. The maximum absolute atomic E-state index is 11.5. The van der Waals surface area contributed by atoms with Crippen molar-refractivity contribution < 1.29 is 4.79 Å². The number of anilines is 1. The number of hydrogen-bond acceptors (Lipinski definition) is 5. The van der Waals surface area contributed by atoms with Crippen LogP contribution in [-0.2, 0) is 4.79 Å². The van der Waals surface area contributed by atoms with Gasteiger partial charge in [-0.25, -0.2) is 4.31 Å². The van der Waals surface area contributed by atoms with E-state index in [1.807, 2.05) is 11.0 Å². The third kappa shape index (κ3) is 4.75. The first-order valence-electron chi connectivity index (χ1n) is 8.75. The topological polar surface area (TPSA) is 49.6 Å². The maximum atomic E-state index is 11.5. The Kier molecular flexibility index (Phi) is 6.16. The van der Waals surface area contributed by atoms with Crippen LogP contribution in [0.25, 0.3) is 0 Å². The van der Waals surface area contributed by atoms with Crippen molar-refractivity contribution in [3.8, 4) is 0 Å². The highest BCUT2D eigenvalue weighted by Crippen LogP contribution is 2.39. The predicted octanol–water partition coefficient (Wildman–Crippen LogP) is 4.21. The monoisotopic (exact) mass is 387 g/mol. The molecule has 0 aliphatic carbocycles. The Labute approximate surface area is 164 Å². The Bertz CT molecular complexity index is 802. The normalized spacial score (nSPS) is 15.3. The van der Waals surface area contributed by atoms with E-state index >= 15 is 0 Å². The van der Waals surface area contributed by atoms with E-state index in [0.717, 1.165) is 31.9 Å². The lowest BCUT2D eigenvalue weighted by Crippen LogP contribution is -2.45. The van der Waals surface area contributed by atoms with Crippen LogP contribution in [-0.4, -0.2) is 41.3 Å². The second-order valence-electron chi connectivity index (χ2n) is 6.60. The molecule has 0 unspecified atom stereocenters. The average Bonchev–Trinajstić information content (AvgIpc) is 2.61. The van der Waals surface area contributed by atoms with Crippen LogP contribution in [0.5, 0.6) is 0 Å². The van der Waals surface area contributed by atoms with E-state index in [-0.39, 0.29) is 5.91 Å². The van der Waals surface area contributed by atoms with Gasteiger partial charge in [-0.15, -0.1) is 0 Å². The van der Waals surface area contributed by atoms with Crippen LogP contribution in [0, 0.1) is 13.8 Å². The number of hydrogen-bond donors (Lipinski definition) is 1. The van der Waals surface area contributed by atoms with Crippen molar-refractivity contribution >= 4 is 35.3 Å². The molecule has 0 radical (unpaired) electrons. The summed E-state index contributed by atoms with van der Waals surface area (Å²) in [5.41, 5.74) is 9.37. The molecule has 2 N–H and O–H groups in total. The van der Waals surface area contributed by atoms with Crippen molar-refractivity contribution in [2.45, 2.75) is 35.5 Å². The number of nitrogen functional groups attached to an aromatic ring is 1. The van der Waals surface area contributed by atoms with Gasteiger partial charge >= 0.3 is 0 Å². The minimum absolute atomic E-state index is 0.157. The molecule has 1 saturated heterocycles. The van der Waals surface area contributed by atoms with E-state index in [1.165, 1.54) is 25.8 Å². The van der Waals surface area contributed by atoms with Gasteiger partial charge in [-0.05, 0) is 61.2 Å². The van der Waals surface area contributed by atoms with Crippen LogP contribution in [0.2, 0.25) is 0 Å². The van der Waals surface area contributed by atoms with E-state index in [1.54, 1.807) is 30.6 Å². The highest BCUT2D eigenvalue weighted by molar-refractivity contribution is 8.01. The molecule has 1 heterocycles. The molecule has 2 aromatic rings. The average molecular weight is 388 g/mol. The summed E-state index contributed by atoms with van der Waals surface area (Å²) in [6.45, 7) is 9.20. The van der Waals surface area contributed by atoms with Gasteiger partial charge in [0.2, 0.25) is 5.91 Å². The molecule has 3 rings (SSSR count). The fourth-order valence-corrected chi connectivity index (χ4v) is 5.06. The van der Waals surface area contributed by atoms with Gasteiger partial charge in [-0.1, -0.05) is 23.9 Å². The largest absolute Gasteiger partial charge is 0.399 e. The molecule has 1 fully saturated rings. The van der Waals surface area contributed by atoms with Crippen molar-refractivity contribution in [2.75, 3.05) is 31.9 Å². The molecule has 0 bridgehead atoms. The molecule has 26 heavy (non-hydrogen) atoms. The van der Waals surface area contributed by atoms with Gasteiger partial charge in [0.1, 0.15) is 0 Å². The number of benzene rings is 2. The molecule has 1 aliphatic heterocycles. The summed E-state index contributed by atoms with van der Waals surface area (Å²) in [4.78, 5) is 17.1.